The van der Waals surface area contributed by atoms with Gasteiger partial charge in [-0.1, -0.05) is 19.1 Å². The second-order valence-corrected chi connectivity index (χ2v) is 5.28. The number of ether oxygens (including phenoxy) is 1. The fourth-order valence-corrected chi connectivity index (χ4v) is 2.18. The van der Waals surface area contributed by atoms with Crippen molar-refractivity contribution in [1.29, 1.82) is 5.41 Å². The van der Waals surface area contributed by atoms with E-state index >= 15 is 0 Å². The van der Waals surface area contributed by atoms with Gasteiger partial charge in [0.05, 0.1) is 6.61 Å². The van der Waals surface area contributed by atoms with Gasteiger partial charge in [0.25, 0.3) is 0 Å². The number of nitrogens with one attached hydrogen (secondary N) is 1. The normalized spacial score (nSPS) is 12.7. The average Bonchev–Trinajstić information content (AvgIpc) is 2.43. The third-order valence-corrected chi connectivity index (χ3v) is 3.82. The van der Waals surface area contributed by atoms with E-state index in [9.17, 15) is 0 Å². The lowest BCUT2D eigenvalue weighted by Crippen LogP contribution is -2.35. The Morgan fingerprint density at radius 1 is 1.45 bits per heavy atom. The van der Waals surface area contributed by atoms with Crippen molar-refractivity contribution in [3.8, 4) is 0 Å². The van der Waals surface area contributed by atoms with Crippen molar-refractivity contribution in [2.45, 2.75) is 39.8 Å². The summed E-state index contributed by atoms with van der Waals surface area (Å²) in [5, 5.41) is 7.48. The van der Waals surface area contributed by atoms with Crippen LogP contribution < -0.4 is 5.73 Å². The molecule has 0 heterocycles. The van der Waals surface area contributed by atoms with Crippen LogP contribution in [-0.4, -0.2) is 37.0 Å². The Bertz CT molecular complexity index is 445. The minimum Gasteiger partial charge on any atom is -0.384 e. The maximum absolute atomic E-state index is 7.48. The Morgan fingerprint density at radius 2 is 2.15 bits per heavy atom. The van der Waals surface area contributed by atoms with Crippen LogP contribution in [0.5, 0.6) is 0 Å². The summed E-state index contributed by atoms with van der Waals surface area (Å²) in [6.45, 7) is 9.11. The molecule has 4 nitrogen and oxygen atoms in total. The molecule has 1 rings (SSSR count). The fraction of sp³-hybridized carbons (Fsp3) is 0.562. The first-order valence-corrected chi connectivity index (χ1v) is 7.16. The zero-order valence-electron chi connectivity index (χ0n) is 13.1. The van der Waals surface area contributed by atoms with Crippen LogP contribution >= 0.6 is 0 Å². The minimum atomic E-state index is 0.123. The molecule has 20 heavy (non-hydrogen) atoms. The molecular formula is C16H27N3O. The summed E-state index contributed by atoms with van der Waals surface area (Å²) in [7, 11) is 1.74. The van der Waals surface area contributed by atoms with Gasteiger partial charge in [-0.2, -0.15) is 0 Å². The highest BCUT2D eigenvalue weighted by Crippen LogP contribution is 2.16. The van der Waals surface area contributed by atoms with Gasteiger partial charge >= 0.3 is 0 Å². The van der Waals surface area contributed by atoms with Crippen LogP contribution in [0.4, 0.5) is 0 Å². The smallest absolute Gasteiger partial charge is 0.122 e. The van der Waals surface area contributed by atoms with E-state index in [1.165, 1.54) is 11.1 Å². The Morgan fingerprint density at radius 3 is 2.65 bits per heavy atom. The number of benzene rings is 1. The molecule has 0 amide bonds. The standard InChI is InChI=1S/C16H27N3O/c1-5-13(3)19(8-9-20-4)11-15-7-6-14(16(17)18)10-12(15)2/h6-7,10,13H,5,8-9,11H2,1-4H3,(H3,17,18). The Balaban J connectivity index is 2.84. The maximum atomic E-state index is 7.48. The van der Waals surface area contributed by atoms with Gasteiger partial charge in [-0.3, -0.25) is 10.3 Å². The van der Waals surface area contributed by atoms with E-state index < -0.39 is 0 Å². The van der Waals surface area contributed by atoms with E-state index in [2.05, 4.69) is 31.7 Å². The van der Waals surface area contributed by atoms with Crippen molar-refractivity contribution in [2.24, 2.45) is 5.73 Å². The van der Waals surface area contributed by atoms with Crippen LogP contribution in [0.1, 0.15) is 37.0 Å². The highest BCUT2D eigenvalue weighted by atomic mass is 16.5. The van der Waals surface area contributed by atoms with Crippen molar-refractivity contribution < 1.29 is 4.74 Å². The topological polar surface area (TPSA) is 62.3 Å². The summed E-state index contributed by atoms with van der Waals surface area (Å²) in [6.07, 6.45) is 1.12. The van der Waals surface area contributed by atoms with E-state index in [4.69, 9.17) is 15.9 Å². The predicted molar refractivity (Wildman–Crippen MR) is 84.2 cm³/mol. The molecule has 0 aromatic heterocycles. The number of nitrogens with two attached hydrogens (primary N) is 1. The second-order valence-electron chi connectivity index (χ2n) is 5.28. The number of nitrogens with zero attached hydrogens (tertiary/aromatic N) is 1. The van der Waals surface area contributed by atoms with Crippen molar-refractivity contribution in [3.63, 3.8) is 0 Å². The van der Waals surface area contributed by atoms with Gasteiger partial charge in [-0.25, -0.2) is 0 Å². The molecule has 4 heteroatoms. The van der Waals surface area contributed by atoms with Gasteiger partial charge in [0.2, 0.25) is 0 Å². The third-order valence-electron chi connectivity index (χ3n) is 3.82. The van der Waals surface area contributed by atoms with E-state index in [-0.39, 0.29) is 5.84 Å². The number of hydrogen-bond acceptors (Lipinski definition) is 3. The SMILES string of the molecule is CCC(C)N(CCOC)Cc1ccc(C(=N)N)cc1C. The highest BCUT2D eigenvalue weighted by Gasteiger charge is 2.13. The lowest BCUT2D eigenvalue weighted by atomic mass is 10.0. The predicted octanol–water partition coefficient (Wildman–Crippen LogP) is 2.53. The van der Waals surface area contributed by atoms with E-state index in [1.54, 1.807) is 7.11 Å². The first-order chi connectivity index (χ1) is 9.49. The third kappa shape index (κ3) is 4.62. The quantitative estimate of drug-likeness (QED) is 0.567. The maximum Gasteiger partial charge on any atom is 0.122 e. The number of methoxy groups -OCH3 is 1. The second kappa shape index (κ2) is 8.02. The molecule has 0 bridgehead atoms. The molecule has 0 fully saturated rings. The van der Waals surface area contributed by atoms with Gasteiger partial charge in [-0.15, -0.1) is 0 Å². The monoisotopic (exact) mass is 277 g/mol. The van der Waals surface area contributed by atoms with E-state index in [1.807, 2.05) is 12.1 Å². The zero-order valence-corrected chi connectivity index (χ0v) is 13.1. The minimum absolute atomic E-state index is 0.123. The molecule has 0 aliphatic heterocycles. The molecule has 1 atom stereocenters. The molecule has 1 aromatic rings. The van der Waals surface area contributed by atoms with Gasteiger partial charge in [-0.05, 0) is 37.5 Å². The Kier molecular flexibility index (Phi) is 6.68. The largest absolute Gasteiger partial charge is 0.384 e. The molecule has 1 aromatic carbocycles. The number of amidine groups is 1. The average molecular weight is 277 g/mol. The molecule has 112 valence electrons. The lowest BCUT2D eigenvalue weighted by Gasteiger charge is -2.28. The number of nitrogen functional groups attached to an aromatic ring is 1. The summed E-state index contributed by atoms with van der Waals surface area (Å²) in [5.41, 5.74) is 8.78. The first-order valence-electron chi connectivity index (χ1n) is 7.16. The molecule has 1 unspecified atom stereocenters. The lowest BCUT2D eigenvalue weighted by molar-refractivity contribution is 0.118. The first kappa shape index (κ1) is 16.7. The van der Waals surface area contributed by atoms with Crippen LogP contribution in [0.2, 0.25) is 0 Å². The van der Waals surface area contributed by atoms with Gasteiger partial charge in [0.1, 0.15) is 5.84 Å². The summed E-state index contributed by atoms with van der Waals surface area (Å²) >= 11 is 0. The number of rotatable bonds is 8. The van der Waals surface area contributed by atoms with Crippen molar-refractivity contribution in [3.05, 3.63) is 34.9 Å². The van der Waals surface area contributed by atoms with Crippen LogP contribution in [0.15, 0.2) is 18.2 Å². The summed E-state index contributed by atoms with van der Waals surface area (Å²) in [5.74, 6) is 0.123. The van der Waals surface area contributed by atoms with Crippen molar-refractivity contribution in [1.82, 2.24) is 4.90 Å². The molecule has 0 spiro atoms. The fourth-order valence-electron chi connectivity index (χ4n) is 2.18. The molecular weight excluding hydrogens is 250 g/mol. The molecule has 0 radical (unpaired) electrons. The highest BCUT2D eigenvalue weighted by molar-refractivity contribution is 5.95. The summed E-state index contributed by atoms with van der Waals surface area (Å²) in [4.78, 5) is 2.43. The van der Waals surface area contributed by atoms with Crippen LogP contribution in [0.25, 0.3) is 0 Å². The van der Waals surface area contributed by atoms with E-state index in [0.717, 1.165) is 31.7 Å². The molecule has 0 saturated carbocycles. The molecule has 3 N–H and O–H groups in total. The Hall–Kier alpha value is -1.39. The number of aryl methyl sites for hydroxylation is 1. The van der Waals surface area contributed by atoms with Crippen molar-refractivity contribution in [2.75, 3.05) is 20.3 Å². The molecule has 0 aliphatic rings. The van der Waals surface area contributed by atoms with Crippen LogP contribution in [0, 0.1) is 12.3 Å². The summed E-state index contributed by atoms with van der Waals surface area (Å²) < 4.78 is 5.20. The van der Waals surface area contributed by atoms with Crippen LogP contribution in [-0.2, 0) is 11.3 Å². The van der Waals surface area contributed by atoms with Crippen LogP contribution in [0.3, 0.4) is 0 Å². The number of hydrogen-bond donors (Lipinski definition) is 2. The van der Waals surface area contributed by atoms with Crippen molar-refractivity contribution >= 4 is 5.84 Å². The van der Waals surface area contributed by atoms with E-state index in [0.29, 0.717) is 6.04 Å². The Labute approximate surface area is 122 Å². The van der Waals surface area contributed by atoms with Gasteiger partial charge < -0.3 is 10.5 Å². The van der Waals surface area contributed by atoms with Gasteiger partial charge in [0, 0.05) is 31.8 Å². The van der Waals surface area contributed by atoms with Gasteiger partial charge in [0.15, 0.2) is 0 Å². The molecule has 0 saturated heterocycles. The summed E-state index contributed by atoms with van der Waals surface area (Å²) in [6, 6.07) is 6.52. The zero-order chi connectivity index (χ0) is 15.1. The molecule has 0 aliphatic carbocycles.